The Bertz CT molecular complexity index is 604. The van der Waals surface area contributed by atoms with Crippen LogP contribution in [0.15, 0.2) is 24.4 Å². The van der Waals surface area contributed by atoms with Crippen molar-refractivity contribution in [3.05, 3.63) is 41.5 Å². The van der Waals surface area contributed by atoms with Crippen LogP contribution in [0.2, 0.25) is 0 Å². The van der Waals surface area contributed by atoms with E-state index in [-0.39, 0.29) is 18.0 Å². The average Bonchev–Trinajstić information content (AvgIpc) is 2.79. The molecule has 1 N–H and O–H groups in total. The second kappa shape index (κ2) is 6.22. The largest absolute Gasteiger partial charge is 0.487 e. The fourth-order valence-corrected chi connectivity index (χ4v) is 1.79. The minimum Gasteiger partial charge on any atom is -0.487 e. The summed E-state index contributed by atoms with van der Waals surface area (Å²) in [5.74, 6) is 0.184. The zero-order valence-electron chi connectivity index (χ0n) is 12.9. The molecule has 1 aromatic heterocycles. The molecule has 0 saturated heterocycles. The summed E-state index contributed by atoms with van der Waals surface area (Å²) in [7, 11) is 1.79. The molecule has 0 fully saturated rings. The number of hydrogen-bond donors (Lipinski definition) is 1. The predicted octanol–water partition coefficient (Wildman–Crippen LogP) is 2.42. The van der Waals surface area contributed by atoms with Crippen LogP contribution in [-0.4, -0.2) is 20.5 Å². The van der Waals surface area contributed by atoms with Crippen LogP contribution in [0.4, 0.5) is 4.39 Å². The molecule has 0 amide bonds. The van der Waals surface area contributed by atoms with Crippen molar-refractivity contribution in [2.24, 2.45) is 7.05 Å². The number of aryl methyl sites for hydroxylation is 1. The van der Waals surface area contributed by atoms with Crippen molar-refractivity contribution in [2.45, 2.75) is 39.5 Å². The lowest BCUT2D eigenvalue weighted by molar-refractivity contribution is 0.299. The highest BCUT2D eigenvalue weighted by atomic mass is 19.1. The van der Waals surface area contributed by atoms with Crippen LogP contribution >= 0.6 is 0 Å². The first-order valence-corrected chi connectivity index (χ1v) is 6.84. The number of aromatic nitrogens is 3. The number of halogens is 1. The third-order valence-electron chi connectivity index (χ3n) is 2.79. The Morgan fingerprint density at radius 1 is 1.29 bits per heavy atom. The smallest absolute Gasteiger partial charge is 0.134 e. The fourth-order valence-electron chi connectivity index (χ4n) is 1.79. The molecule has 0 spiro atoms. The normalized spacial score (nSPS) is 11.7. The zero-order valence-corrected chi connectivity index (χ0v) is 12.9. The van der Waals surface area contributed by atoms with E-state index in [1.165, 1.54) is 12.1 Å². The molecular weight excluding hydrogens is 271 g/mol. The Morgan fingerprint density at radius 2 is 2.05 bits per heavy atom. The van der Waals surface area contributed by atoms with Gasteiger partial charge in [-0.3, -0.25) is 4.68 Å². The average molecular weight is 292 g/mol. The van der Waals surface area contributed by atoms with Gasteiger partial charge in [0.15, 0.2) is 0 Å². The van der Waals surface area contributed by atoms with E-state index in [9.17, 15) is 4.39 Å². The van der Waals surface area contributed by atoms with Crippen LogP contribution < -0.4 is 10.1 Å². The lowest BCUT2D eigenvalue weighted by Crippen LogP contribution is -2.35. The highest BCUT2D eigenvalue weighted by molar-refractivity contribution is 5.29. The summed E-state index contributed by atoms with van der Waals surface area (Å²) in [5.41, 5.74) is 1.53. The molecule has 114 valence electrons. The topological polar surface area (TPSA) is 52.0 Å². The molecule has 2 aromatic rings. The highest BCUT2D eigenvalue weighted by Gasteiger charge is 2.10. The first-order valence-electron chi connectivity index (χ1n) is 6.84. The molecule has 2 rings (SSSR count). The summed E-state index contributed by atoms with van der Waals surface area (Å²) in [5, 5.41) is 11.1. The number of nitrogens with zero attached hydrogens (tertiary/aromatic N) is 3. The molecule has 0 saturated carbocycles. The second-order valence-electron chi connectivity index (χ2n) is 6.07. The lowest BCUT2D eigenvalue weighted by Gasteiger charge is -2.20. The van der Waals surface area contributed by atoms with Crippen molar-refractivity contribution in [1.82, 2.24) is 20.3 Å². The van der Waals surface area contributed by atoms with Gasteiger partial charge in [-0.2, -0.15) is 0 Å². The molecule has 0 unspecified atom stereocenters. The summed E-state index contributed by atoms with van der Waals surface area (Å²) in [6.45, 7) is 7.06. The first kappa shape index (κ1) is 15.4. The summed E-state index contributed by atoms with van der Waals surface area (Å²) in [6, 6.07) is 4.71. The second-order valence-corrected chi connectivity index (χ2v) is 6.07. The molecular formula is C15H21FN4O. The molecule has 0 aliphatic carbocycles. The minimum atomic E-state index is -0.308. The van der Waals surface area contributed by atoms with Gasteiger partial charge in [0.25, 0.3) is 0 Å². The third kappa shape index (κ3) is 5.15. The van der Waals surface area contributed by atoms with Gasteiger partial charge in [0.1, 0.15) is 23.9 Å². The third-order valence-corrected chi connectivity index (χ3v) is 2.79. The Labute approximate surface area is 124 Å². The zero-order chi connectivity index (χ0) is 15.5. The van der Waals surface area contributed by atoms with E-state index in [0.29, 0.717) is 18.0 Å². The van der Waals surface area contributed by atoms with Gasteiger partial charge in [0.05, 0.1) is 6.20 Å². The van der Waals surface area contributed by atoms with Crippen molar-refractivity contribution in [2.75, 3.05) is 0 Å². The van der Waals surface area contributed by atoms with E-state index in [1.54, 1.807) is 17.9 Å². The molecule has 0 atom stereocenters. The van der Waals surface area contributed by atoms with E-state index in [2.05, 4.69) is 36.4 Å². The summed E-state index contributed by atoms with van der Waals surface area (Å²) in [6.07, 6.45) is 1.77. The summed E-state index contributed by atoms with van der Waals surface area (Å²) >= 11 is 0. The number of ether oxygens (including phenoxy) is 1. The van der Waals surface area contributed by atoms with Gasteiger partial charge in [-0.1, -0.05) is 5.21 Å². The van der Waals surface area contributed by atoms with Gasteiger partial charge in [-0.15, -0.1) is 5.10 Å². The van der Waals surface area contributed by atoms with E-state index in [0.717, 1.165) is 5.56 Å². The molecule has 1 aromatic carbocycles. The molecule has 6 heteroatoms. The van der Waals surface area contributed by atoms with Crippen LogP contribution in [-0.2, 0) is 20.2 Å². The number of rotatable bonds is 5. The fraction of sp³-hybridized carbons (Fsp3) is 0.467. The van der Waals surface area contributed by atoms with Crippen LogP contribution in [0.3, 0.4) is 0 Å². The monoisotopic (exact) mass is 292 g/mol. The van der Waals surface area contributed by atoms with E-state index in [1.807, 2.05) is 6.07 Å². The Balaban J connectivity index is 2.01. The Kier molecular flexibility index (Phi) is 4.57. The van der Waals surface area contributed by atoms with Gasteiger partial charge in [-0.05, 0) is 38.5 Å². The van der Waals surface area contributed by atoms with Gasteiger partial charge in [0, 0.05) is 25.2 Å². The van der Waals surface area contributed by atoms with E-state index in [4.69, 9.17) is 4.74 Å². The summed E-state index contributed by atoms with van der Waals surface area (Å²) in [4.78, 5) is 0. The van der Waals surface area contributed by atoms with Crippen molar-refractivity contribution in [3.63, 3.8) is 0 Å². The van der Waals surface area contributed by atoms with Crippen molar-refractivity contribution < 1.29 is 9.13 Å². The minimum absolute atomic E-state index is 0.0209. The van der Waals surface area contributed by atoms with Crippen LogP contribution in [0, 0.1) is 5.82 Å². The van der Waals surface area contributed by atoms with Gasteiger partial charge < -0.3 is 10.1 Å². The number of hydrogen-bond acceptors (Lipinski definition) is 4. The van der Waals surface area contributed by atoms with E-state index >= 15 is 0 Å². The molecule has 21 heavy (non-hydrogen) atoms. The maximum atomic E-state index is 13.6. The molecule has 0 aliphatic rings. The lowest BCUT2D eigenvalue weighted by atomic mass is 10.1. The first-order chi connectivity index (χ1) is 9.82. The van der Waals surface area contributed by atoms with Crippen molar-refractivity contribution in [3.8, 4) is 5.75 Å². The van der Waals surface area contributed by atoms with Gasteiger partial charge in [-0.25, -0.2) is 4.39 Å². The SMILES string of the molecule is Cn1cc(COc2cc(F)cc(CNC(C)(C)C)c2)nn1. The molecule has 0 bridgehead atoms. The summed E-state index contributed by atoms with van der Waals surface area (Å²) < 4.78 is 20.8. The van der Waals surface area contributed by atoms with Crippen LogP contribution in [0.25, 0.3) is 0 Å². The molecule has 1 heterocycles. The van der Waals surface area contributed by atoms with Crippen LogP contribution in [0.1, 0.15) is 32.0 Å². The van der Waals surface area contributed by atoms with Crippen molar-refractivity contribution in [1.29, 1.82) is 0 Å². The van der Waals surface area contributed by atoms with Crippen molar-refractivity contribution >= 4 is 0 Å². The number of benzene rings is 1. The van der Waals surface area contributed by atoms with Crippen LogP contribution in [0.5, 0.6) is 5.75 Å². The Hall–Kier alpha value is -1.95. The maximum absolute atomic E-state index is 13.6. The van der Waals surface area contributed by atoms with Gasteiger partial charge in [0.2, 0.25) is 0 Å². The standard InChI is InChI=1S/C15H21FN4O/c1-15(2,3)17-8-11-5-12(16)7-14(6-11)21-10-13-9-20(4)19-18-13/h5-7,9,17H,8,10H2,1-4H3. The predicted molar refractivity (Wildman–Crippen MR) is 78.3 cm³/mol. The van der Waals surface area contributed by atoms with E-state index < -0.39 is 0 Å². The molecule has 0 aliphatic heterocycles. The quantitative estimate of drug-likeness (QED) is 0.919. The maximum Gasteiger partial charge on any atom is 0.134 e. The molecule has 0 radical (unpaired) electrons. The Morgan fingerprint density at radius 3 is 2.67 bits per heavy atom. The highest BCUT2D eigenvalue weighted by Crippen LogP contribution is 2.18. The molecule has 5 nitrogen and oxygen atoms in total. The number of nitrogens with one attached hydrogen (secondary N) is 1. The van der Waals surface area contributed by atoms with Gasteiger partial charge >= 0.3 is 0 Å².